The van der Waals surface area contributed by atoms with Gasteiger partial charge in [0, 0.05) is 0 Å². The van der Waals surface area contributed by atoms with Crippen molar-refractivity contribution in [3.05, 3.63) is 0 Å². The molecule has 13 heavy (non-hydrogen) atoms. The summed E-state index contributed by atoms with van der Waals surface area (Å²) in [7, 11) is 0. The Bertz CT molecular complexity index is 144. The molecule has 0 aromatic rings. The lowest BCUT2D eigenvalue weighted by Crippen LogP contribution is -2.28. The zero-order valence-corrected chi connectivity index (χ0v) is 10.1. The van der Waals surface area contributed by atoms with Crippen molar-refractivity contribution in [1.82, 2.24) is 0 Å². The summed E-state index contributed by atoms with van der Waals surface area (Å²) in [6.45, 7) is 12.0. The van der Waals surface area contributed by atoms with E-state index in [9.17, 15) is 0 Å². The minimum atomic E-state index is 0.505. The van der Waals surface area contributed by atoms with Crippen LogP contribution in [-0.2, 0) is 0 Å². The number of rotatable bonds is 1. The molecule has 0 saturated heterocycles. The quantitative estimate of drug-likeness (QED) is 0.560. The van der Waals surface area contributed by atoms with E-state index in [0.29, 0.717) is 5.41 Å². The molecular formula is C13H26. The van der Waals surface area contributed by atoms with Crippen molar-refractivity contribution in [2.75, 3.05) is 0 Å². The monoisotopic (exact) mass is 182 g/mol. The van der Waals surface area contributed by atoms with Gasteiger partial charge >= 0.3 is 0 Å². The van der Waals surface area contributed by atoms with Crippen molar-refractivity contribution in [2.24, 2.45) is 23.2 Å². The summed E-state index contributed by atoms with van der Waals surface area (Å²) in [5.74, 6) is 2.87. The summed E-state index contributed by atoms with van der Waals surface area (Å²) in [6.07, 6.45) is 5.87. The molecule has 0 bridgehead atoms. The second kappa shape index (κ2) is 4.02. The van der Waals surface area contributed by atoms with Gasteiger partial charge in [-0.05, 0) is 36.0 Å². The van der Waals surface area contributed by atoms with E-state index in [-0.39, 0.29) is 0 Å². The first-order chi connectivity index (χ1) is 5.91. The summed E-state index contributed by atoms with van der Waals surface area (Å²) in [5, 5.41) is 0. The Hall–Kier alpha value is 0. The van der Waals surface area contributed by atoms with Crippen LogP contribution < -0.4 is 0 Å². The predicted octanol–water partition coefficient (Wildman–Crippen LogP) is 4.49. The smallest absolute Gasteiger partial charge is 0.0354 e. The molecular weight excluding hydrogens is 156 g/mol. The Balaban J connectivity index is 2.45. The predicted molar refractivity (Wildman–Crippen MR) is 59.7 cm³/mol. The standard InChI is InChI=1S/C13H26/c1-10-6-8-12(9-7-10)11(2)13(3,4)5/h10-12H,6-9H2,1-5H3/t10?,11-,12?/m1/s1. The van der Waals surface area contributed by atoms with E-state index in [4.69, 9.17) is 0 Å². The van der Waals surface area contributed by atoms with Crippen LogP contribution in [0.3, 0.4) is 0 Å². The second-order valence-electron chi connectivity index (χ2n) is 6.17. The summed E-state index contributed by atoms with van der Waals surface area (Å²) in [6, 6.07) is 0. The molecule has 0 amide bonds. The summed E-state index contributed by atoms with van der Waals surface area (Å²) >= 11 is 0. The zero-order chi connectivity index (χ0) is 10.1. The van der Waals surface area contributed by atoms with Crippen LogP contribution in [-0.4, -0.2) is 0 Å². The van der Waals surface area contributed by atoms with Gasteiger partial charge in [-0.1, -0.05) is 47.5 Å². The first kappa shape index (κ1) is 11.1. The fourth-order valence-corrected chi connectivity index (χ4v) is 2.49. The van der Waals surface area contributed by atoms with Crippen molar-refractivity contribution in [3.8, 4) is 0 Å². The van der Waals surface area contributed by atoms with Crippen molar-refractivity contribution >= 4 is 0 Å². The molecule has 0 heteroatoms. The zero-order valence-electron chi connectivity index (χ0n) is 10.1. The SMILES string of the molecule is CC1CCC([C@@H](C)C(C)(C)C)CC1. The molecule has 1 atom stereocenters. The van der Waals surface area contributed by atoms with E-state index in [0.717, 1.165) is 17.8 Å². The number of hydrogen-bond acceptors (Lipinski definition) is 0. The van der Waals surface area contributed by atoms with Gasteiger partial charge in [-0.25, -0.2) is 0 Å². The fourth-order valence-electron chi connectivity index (χ4n) is 2.49. The maximum atomic E-state index is 2.45. The molecule has 1 aliphatic carbocycles. The van der Waals surface area contributed by atoms with Crippen LogP contribution >= 0.6 is 0 Å². The normalized spacial score (nSPS) is 33.0. The van der Waals surface area contributed by atoms with E-state index < -0.39 is 0 Å². The Morgan fingerprint density at radius 3 is 1.85 bits per heavy atom. The maximum Gasteiger partial charge on any atom is -0.0354 e. The topological polar surface area (TPSA) is 0 Å². The second-order valence-corrected chi connectivity index (χ2v) is 6.17. The van der Waals surface area contributed by atoms with Crippen LogP contribution in [0.15, 0.2) is 0 Å². The molecule has 0 N–H and O–H groups in total. The van der Waals surface area contributed by atoms with Gasteiger partial charge in [-0.2, -0.15) is 0 Å². The molecule has 1 aliphatic rings. The molecule has 0 nitrogen and oxygen atoms in total. The van der Waals surface area contributed by atoms with Gasteiger partial charge in [-0.15, -0.1) is 0 Å². The highest BCUT2D eigenvalue weighted by molar-refractivity contribution is 4.80. The highest BCUT2D eigenvalue weighted by atomic mass is 14.4. The summed E-state index contributed by atoms with van der Waals surface area (Å²) < 4.78 is 0. The Morgan fingerprint density at radius 1 is 1.00 bits per heavy atom. The van der Waals surface area contributed by atoms with Crippen molar-refractivity contribution in [3.63, 3.8) is 0 Å². The van der Waals surface area contributed by atoms with Crippen molar-refractivity contribution in [2.45, 2.75) is 60.3 Å². The summed E-state index contributed by atoms with van der Waals surface area (Å²) in [5.41, 5.74) is 0.505. The largest absolute Gasteiger partial charge is 0.0625 e. The minimum absolute atomic E-state index is 0.505. The highest BCUT2D eigenvalue weighted by Gasteiger charge is 2.30. The third-order valence-corrected chi connectivity index (χ3v) is 4.13. The highest BCUT2D eigenvalue weighted by Crippen LogP contribution is 2.40. The molecule has 0 aromatic carbocycles. The Kier molecular flexibility index (Phi) is 3.43. The lowest BCUT2D eigenvalue weighted by Gasteiger charge is -2.38. The third kappa shape index (κ3) is 3.00. The molecule has 1 saturated carbocycles. The molecule has 0 radical (unpaired) electrons. The van der Waals surface area contributed by atoms with Gasteiger partial charge < -0.3 is 0 Å². The maximum absolute atomic E-state index is 2.45. The van der Waals surface area contributed by atoms with E-state index in [1.165, 1.54) is 25.7 Å². The van der Waals surface area contributed by atoms with Crippen LogP contribution in [0.25, 0.3) is 0 Å². The lowest BCUT2D eigenvalue weighted by atomic mass is 9.68. The molecule has 0 aliphatic heterocycles. The molecule has 78 valence electrons. The molecule has 1 fully saturated rings. The van der Waals surface area contributed by atoms with E-state index in [1.807, 2.05) is 0 Å². The van der Waals surface area contributed by atoms with Gasteiger partial charge in [0.1, 0.15) is 0 Å². The van der Waals surface area contributed by atoms with Crippen LogP contribution in [0.1, 0.15) is 60.3 Å². The lowest BCUT2D eigenvalue weighted by molar-refractivity contribution is 0.126. The van der Waals surface area contributed by atoms with Crippen molar-refractivity contribution in [1.29, 1.82) is 0 Å². The molecule has 0 heterocycles. The van der Waals surface area contributed by atoms with Crippen LogP contribution in [0.5, 0.6) is 0 Å². The van der Waals surface area contributed by atoms with Gasteiger partial charge in [0.25, 0.3) is 0 Å². The third-order valence-electron chi connectivity index (χ3n) is 4.13. The average molecular weight is 182 g/mol. The average Bonchev–Trinajstić information content (AvgIpc) is 2.03. The van der Waals surface area contributed by atoms with Gasteiger partial charge in [-0.3, -0.25) is 0 Å². The first-order valence-electron chi connectivity index (χ1n) is 5.91. The molecule has 0 unspecified atom stereocenters. The van der Waals surface area contributed by atoms with Gasteiger partial charge in [0.05, 0.1) is 0 Å². The Morgan fingerprint density at radius 2 is 1.46 bits per heavy atom. The Labute approximate surface area is 84.1 Å². The molecule has 0 aromatic heterocycles. The van der Waals surface area contributed by atoms with E-state index in [1.54, 1.807) is 0 Å². The van der Waals surface area contributed by atoms with Crippen LogP contribution in [0.4, 0.5) is 0 Å². The van der Waals surface area contributed by atoms with Crippen LogP contribution in [0.2, 0.25) is 0 Å². The van der Waals surface area contributed by atoms with E-state index >= 15 is 0 Å². The van der Waals surface area contributed by atoms with Crippen molar-refractivity contribution < 1.29 is 0 Å². The molecule has 0 spiro atoms. The van der Waals surface area contributed by atoms with E-state index in [2.05, 4.69) is 34.6 Å². The molecule has 1 rings (SSSR count). The minimum Gasteiger partial charge on any atom is -0.0625 e. The van der Waals surface area contributed by atoms with Crippen LogP contribution in [0, 0.1) is 23.2 Å². The van der Waals surface area contributed by atoms with Gasteiger partial charge in [0.15, 0.2) is 0 Å². The summed E-state index contributed by atoms with van der Waals surface area (Å²) in [4.78, 5) is 0. The van der Waals surface area contributed by atoms with Gasteiger partial charge in [0.2, 0.25) is 0 Å². The fraction of sp³-hybridized carbons (Fsp3) is 1.00. The first-order valence-corrected chi connectivity index (χ1v) is 5.91. The number of hydrogen-bond donors (Lipinski definition) is 0.